The van der Waals surface area contributed by atoms with E-state index >= 15 is 0 Å². The topological polar surface area (TPSA) is 82.2 Å². The Morgan fingerprint density at radius 2 is 2.13 bits per heavy atom. The first kappa shape index (κ1) is 20.8. The van der Waals surface area contributed by atoms with Gasteiger partial charge in [-0.25, -0.2) is 0 Å². The van der Waals surface area contributed by atoms with Gasteiger partial charge in [0, 0.05) is 22.6 Å². The molecule has 0 saturated heterocycles. The van der Waals surface area contributed by atoms with Crippen LogP contribution < -0.4 is 10.1 Å². The summed E-state index contributed by atoms with van der Waals surface area (Å²) in [5.74, 6) is 1.80. The Kier molecular flexibility index (Phi) is 6.03. The molecule has 0 aliphatic carbocycles. The molecule has 0 radical (unpaired) electrons. The summed E-state index contributed by atoms with van der Waals surface area (Å²) in [6.45, 7) is 0. The molecule has 0 saturated carbocycles. The normalized spacial score (nSPS) is 11.1. The maximum Gasteiger partial charge on any atom is 0.234 e. The number of anilines is 1. The number of ether oxygens (including phenoxy) is 1. The van der Waals surface area contributed by atoms with Crippen molar-refractivity contribution in [1.82, 2.24) is 14.8 Å². The van der Waals surface area contributed by atoms with Crippen molar-refractivity contribution in [2.75, 3.05) is 18.2 Å². The Bertz CT molecular complexity index is 1240. The molecule has 10 heteroatoms. The molecule has 0 aliphatic rings. The van der Waals surface area contributed by atoms with E-state index in [0.29, 0.717) is 38.8 Å². The number of fused-ring (bicyclic) bond motifs is 1. The number of hydrogen-bond acceptors (Lipinski definition) is 6. The van der Waals surface area contributed by atoms with Crippen LogP contribution in [-0.2, 0) is 11.8 Å². The predicted octanol–water partition coefficient (Wildman–Crippen LogP) is 5.38. The number of hydrogen-bond donors (Lipinski definition) is 1. The Hall–Kier alpha value is -2.49. The minimum absolute atomic E-state index is 0.170. The monoisotopic (exact) mass is 506 g/mol. The van der Waals surface area contributed by atoms with Crippen LogP contribution >= 0.6 is 39.3 Å². The molecular weight excluding hydrogens is 492 g/mol. The van der Waals surface area contributed by atoms with Gasteiger partial charge in [-0.15, -0.1) is 10.2 Å². The molecule has 7 nitrogen and oxygen atoms in total. The van der Waals surface area contributed by atoms with Gasteiger partial charge in [0.1, 0.15) is 0 Å². The highest BCUT2D eigenvalue weighted by atomic mass is 79.9. The number of halogens is 2. The number of para-hydroxylation sites is 1. The second kappa shape index (κ2) is 8.71. The number of aromatic nitrogens is 3. The van der Waals surface area contributed by atoms with Crippen molar-refractivity contribution >= 4 is 61.9 Å². The number of nitrogens with zero attached hydrogens (tertiary/aromatic N) is 3. The molecular formula is C20H16BrClN4O3S. The molecule has 30 heavy (non-hydrogen) atoms. The lowest BCUT2D eigenvalue weighted by atomic mass is 10.2. The van der Waals surface area contributed by atoms with Crippen molar-refractivity contribution in [2.24, 2.45) is 7.05 Å². The first-order valence-electron chi connectivity index (χ1n) is 8.80. The van der Waals surface area contributed by atoms with E-state index in [9.17, 15) is 4.79 Å². The summed E-state index contributed by atoms with van der Waals surface area (Å²) in [6, 6.07) is 12.8. The average molecular weight is 508 g/mol. The largest absolute Gasteiger partial charge is 0.493 e. The van der Waals surface area contributed by atoms with Crippen molar-refractivity contribution in [3.63, 3.8) is 0 Å². The first-order valence-corrected chi connectivity index (χ1v) is 11.0. The minimum atomic E-state index is -0.170. The average Bonchev–Trinajstić information content (AvgIpc) is 3.32. The van der Waals surface area contributed by atoms with Crippen LogP contribution in [0.15, 0.2) is 56.5 Å². The highest BCUT2D eigenvalue weighted by Crippen LogP contribution is 2.33. The fourth-order valence-corrected chi connectivity index (χ4v) is 4.00. The maximum atomic E-state index is 12.3. The minimum Gasteiger partial charge on any atom is -0.493 e. The molecule has 2 aromatic heterocycles. The quantitative estimate of drug-likeness (QED) is 0.353. The number of furan rings is 1. The van der Waals surface area contributed by atoms with Crippen molar-refractivity contribution in [1.29, 1.82) is 0 Å². The molecule has 0 bridgehead atoms. The van der Waals surface area contributed by atoms with Crippen LogP contribution in [0.5, 0.6) is 5.75 Å². The first-order chi connectivity index (χ1) is 14.5. The second-order valence-corrected chi connectivity index (χ2v) is 8.52. The Morgan fingerprint density at radius 3 is 2.90 bits per heavy atom. The van der Waals surface area contributed by atoms with Gasteiger partial charge < -0.3 is 19.0 Å². The summed E-state index contributed by atoms with van der Waals surface area (Å²) in [6.07, 6.45) is 0. The van der Waals surface area contributed by atoms with Crippen LogP contribution in [0, 0.1) is 0 Å². The van der Waals surface area contributed by atoms with Gasteiger partial charge in [0.2, 0.25) is 5.91 Å². The molecule has 4 rings (SSSR count). The van der Waals surface area contributed by atoms with E-state index in [0.717, 1.165) is 9.86 Å². The molecule has 1 amide bonds. The standard InChI is InChI=1S/C20H16BrClN4O3S/c1-26-19(16-8-11-4-3-5-15(28-2)18(11)29-16)24-25-20(26)30-10-17(27)23-12-6-7-13(21)14(22)9-12/h3-9H,10H2,1-2H3,(H,23,27). The van der Waals surface area contributed by atoms with E-state index in [1.807, 2.05) is 31.3 Å². The van der Waals surface area contributed by atoms with Crippen LogP contribution in [0.3, 0.4) is 0 Å². The van der Waals surface area contributed by atoms with Gasteiger partial charge in [-0.1, -0.05) is 35.5 Å². The lowest BCUT2D eigenvalue weighted by molar-refractivity contribution is -0.113. The number of carbonyl (C=O) groups excluding carboxylic acids is 1. The highest BCUT2D eigenvalue weighted by Gasteiger charge is 2.18. The van der Waals surface area contributed by atoms with E-state index in [1.54, 1.807) is 29.9 Å². The molecule has 4 aromatic rings. The van der Waals surface area contributed by atoms with E-state index < -0.39 is 0 Å². The molecule has 0 atom stereocenters. The molecule has 2 aromatic carbocycles. The fourth-order valence-electron chi connectivity index (χ4n) is 2.86. The van der Waals surface area contributed by atoms with Crippen molar-refractivity contribution in [3.05, 3.63) is 52.0 Å². The number of rotatable bonds is 6. The zero-order chi connectivity index (χ0) is 21.3. The van der Waals surface area contributed by atoms with Crippen LogP contribution in [0.2, 0.25) is 5.02 Å². The highest BCUT2D eigenvalue weighted by molar-refractivity contribution is 9.10. The van der Waals surface area contributed by atoms with Crippen LogP contribution in [0.25, 0.3) is 22.6 Å². The number of methoxy groups -OCH3 is 1. The van der Waals surface area contributed by atoms with Gasteiger partial charge in [-0.05, 0) is 46.3 Å². The molecule has 1 N–H and O–H groups in total. The molecule has 0 fully saturated rings. The number of thioether (sulfide) groups is 1. The molecule has 0 spiro atoms. The second-order valence-electron chi connectivity index (χ2n) is 6.32. The van der Waals surface area contributed by atoms with Gasteiger partial charge in [0.15, 0.2) is 28.1 Å². The van der Waals surface area contributed by atoms with E-state index in [2.05, 4.69) is 31.4 Å². The van der Waals surface area contributed by atoms with Gasteiger partial charge in [-0.2, -0.15) is 0 Å². The zero-order valence-electron chi connectivity index (χ0n) is 16.0. The van der Waals surface area contributed by atoms with Crippen LogP contribution in [0.1, 0.15) is 0 Å². The summed E-state index contributed by atoms with van der Waals surface area (Å²) in [5.41, 5.74) is 1.28. The van der Waals surface area contributed by atoms with Crippen LogP contribution in [0.4, 0.5) is 5.69 Å². The van der Waals surface area contributed by atoms with Crippen molar-refractivity contribution < 1.29 is 13.9 Å². The zero-order valence-corrected chi connectivity index (χ0v) is 19.1. The van der Waals surface area contributed by atoms with Gasteiger partial charge >= 0.3 is 0 Å². The van der Waals surface area contributed by atoms with E-state index in [4.69, 9.17) is 20.8 Å². The summed E-state index contributed by atoms with van der Waals surface area (Å²) < 4.78 is 13.8. The summed E-state index contributed by atoms with van der Waals surface area (Å²) in [4.78, 5) is 12.3. The maximum absolute atomic E-state index is 12.3. The summed E-state index contributed by atoms with van der Waals surface area (Å²) in [5, 5.41) is 13.3. The molecule has 0 aliphatic heterocycles. The fraction of sp³-hybridized carbons (Fsp3) is 0.150. The van der Waals surface area contributed by atoms with Crippen molar-refractivity contribution in [3.8, 4) is 17.3 Å². The van der Waals surface area contributed by atoms with Gasteiger partial charge in [-0.3, -0.25) is 4.79 Å². The van der Waals surface area contributed by atoms with Crippen LogP contribution in [-0.4, -0.2) is 33.5 Å². The third-order valence-electron chi connectivity index (χ3n) is 4.32. The predicted molar refractivity (Wildman–Crippen MR) is 121 cm³/mol. The number of benzene rings is 2. The summed E-state index contributed by atoms with van der Waals surface area (Å²) >= 11 is 10.7. The Balaban J connectivity index is 1.47. The third kappa shape index (κ3) is 4.19. The van der Waals surface area contributed by atoms with E-state index in [1.165, 1.54) is 11.8 Å². The van der Waals surface area contributed by atoms with Gasteiger partial charge in [0.25, 0.3) is 0 Å². The lowest BCUT2D eigenvalue weighted by Crippen LogP contribution is -2.14. The van der Waals surface area contributed by atoms with E-state index in [-0.39, 0.29) is 11.7 Å². The Labute approximate surface area is 189 Å². The molecule has 2 heterocycles. The lowest BCUT2D eigenvalue weighted by Gasteiger charge is -2.06. The molecule has 154 valence electrons. The van der Waals surface area contributed by atoms with Crippen molar-refractivity contribution in [2.45, 2.75) is 5.16 Å². The molecule has 0 unspecified atom stereocenters. The number of nitrogens with one attached hydrogen (secondary N) is 1. The Morgan fingerprint density at radius 1 is 1.30 bits per heavy atom. The van der Waals surface area contributed by atoms with Gasteiger partial charge in [0.05, 0.1) is 17.9 Å². The smallest absolute Gasteiger partial charge is 0.234 e. The third-order valence-corrected chi connectivity index (χ3v) is 6.57. The number of amides is 1. The SMILES string of the molecule is COc1cccc2cc(-c3nnc(SCC(=O)Nc4ccc(Br)c(Cl)c4)n3C)oc12. The number of carbonyl (C=O) groups is 1. The summed E-state index contributed by atoms with van der Waals surface area (Å²) in [7, 11) is 3.43.